The van der Waals surface area contributed by atoms with E-state index >= 15 is 0 Å². The normalized spacial score (nSPS) is 21.8. The average molecular weight is 299 g/mol. The van der Waals surface area contributed by atoms with Crippen LogP contribution >= 0.6 is 11.6 Å². The summed E-state index contributed by atoms with van der Waals surface area (Å²) in [6, 6.07) is 5.37. The lowest BCUT2D eigenvalue weighted by Crippen LogP contribution is -2.36. The summed E-state index contributed by atoms with van der Waals surface area (Å²) in [4.78, 5) is 11.5. The van der Waals surface area contributed by atoms with Gasteiger partial charge in [0.25, 0.3) is 0 Å². The van der Waals surface area contributed by atoms with Gasteiger partial charge in [0.05, 0.1) is 18.7 Å². The Labute approximate surface area is 123 Å². The fourth-order valence-corrected chi connectivity index (χ4v) is 2.38. The van der Waals surface area contributed by atoms with Crippen LogP contribution in [0, 0.1) is 0 Å². The minimum atomic E-state index is -0.334. The standard InChI is InChI=1S/C14H19ClN2O3/c1-3-6-20-13-5-4-9(7-10(13)15)11-8-12(17-16-11)14(18)19-2/h4-5,7,11-12,16-17H,3,6,8H2,1-2H3. The second-order valence-corrected chi connectivity index (χ2v) is 5.10. The van der Waals surface area contributed by atoms with Crippen LogP contribution in [0.25, 0.3) is 0 Å². The van der Waals surface area contributed by atoms with E-state index in [4.69, 9.17) is 21.1 Å². The predicted molar refractivity (Wildman–Crippen MR) is 76.7 cm³/mol. The Balaban J connectivity index is 2.03. The second-order valence-electron chi connectivity index (χ2n) is 4.69. The molecule has 20 heavy (non-hydrogen) atoms. The van der Waals surface area contributed by atoms with E-state index in [9.17, 15) is 4.79 Å². The third-order valence-electron chi connectivity index (χ3n) is 3.21. The molecule has 5 nitrogen and oxygen atoms in total. The summed E-state index contributed by atoms with van der Waals surface area (Å²) in [6.07, 6.45) is 1.56. The molecule has 110 valence electrons. The first-order valence-corrected chi connectivity index (χ1v) is 7.04. The number of ether oxygens (including phenoxy) is 2. The van der Waals surface area contributed by atoms with E-state index in [1.54, 1.807) is 0 Å². The number of hydrogen-bond acceptors (Lipinski definition) is 5. The van der Waals surface area contributed by atoms with Crippen LogP contribution in [0.2, 0.25) is 5.02 Å². The first-order chi connectivity index (χ1) is 9.65. The van der Waals surface area contributed by atoms with E-state index in [0.29, 0.717) is 23.8 Å². The lowest BCUT2D eigenvalue weighted by Gasteiger charge is -2.12. The summed E-state index contributed by atoms with van der Waals surface area (Å²) in [5, 5.41) is 0.583. The predicted octanol–water partition coefficient (Wildman–Crippen LogP) is 2.21. The van der Waals surface area contributed by atoms with Crippen molar-refractivity contribution >= 4 is 17.6 Å². The Bertz CT molecular complexity index is 481. The lowest BCUT2D eigenvalue weighted by atomic mass is 10.0. The van der Waals surface area contributed by atoms with Gasteiger partial charge in [0.2, 0.25) is 0 Å². The zero-order valence-electron chi connectivity index (χ0n) is 11.6. The largest absolute Gasteiger partial charge is 0.492 e. The molecule has 2 N–H and O–H groups in total. The fourth-order valence-electron chi connectivity index (χ4n) is 2.13. The SMILES string of the molecule is CCCOc1ccc(C2CC(C(=O)OC)NN2)cc1Cl. The van der Waals surface area contributed by atoms with Gasteiger partial charge in [-0.2, -0.15) is 0 Å². The molecule has 0 saturated carbocycles. The van der Waals surface area contributed by atoms with Crippen LogP contribution in [0.5, 0.6) is 5.75 Å². The Morgan fingerprint density at radius 1 is 1.45 bits per heavy atom. The number of rotatable bonds is 5. The van der Waals surface area contributed by atoms with Gasteiger partial charge in [0, 0.05) is 6.04 Å². The number of hydrogen-bond donors (Lipinski definition) is 2. The third-order valence-corrected chi connectivity index (χ3v) is 3.50. The van der Waals surface area contributed by atoms with Gasteiger partial charge in [-0.1, -0.05) is 24.6 Å². The first kappa shape index (κ1) is 15.1. The van der Waals surface area contributed by atoms with Crippen molar-refractivity contribution in [3.63, 3.8) is 0 Å². The van der Waals surface area contributed by atoms with Crippen LogP contribution in [0.3, 0.4) is 0 Å². The molecule has 0 radical (unpaired) electrons. The lowest BCUT2D eigenvalue weighted by molar-refractivity contribution is -0.142. The highest BCUT2D eigenvalue weighted by Gasteiger charge is 2.30. The van der Waals surface area contributed by atoms with Gasteiger partial charge >= 0.3 is 5.97 Å². The smallest absolute Gasteiger partial charge is 0.324 e. The van der Waals surface area contributed by atoms with Gasteiger partial charge in [0.15, 0.2) is 0 Å². The average Bonchev–Trinajstić information content (AvgIpc) is 2.95. The van der Waals surface area contributed by atoms with Crippen LogP contribution in [-0.2, 0) is 9.53 Å². The molecule has 1 aliphatic heterocycles. The van der Waals surface area contributed by atoms with Crippen molar-refractivity contribution in [1.82, 2.24) is 10.9 Å². The summed E-state index contributed by atoms with van der Waals surface area (Å²) in [5.41, 5.74) is 7.01. The molecule has 1 fully saturated rings. The molecule has 1 heterocycles. The van der Waals surface area contributed by atoms with Crippen molar-refractivity contribution in [1.29, 1.82) is 0 Å². The molecule has 1 aliphatic rings. The molecule has 2 rings (SSSR count). The van der Waals surface area contributed by atoms with Crippen LogP contribution in [-0.4, -0.2) is 25.7 Å². The molecule has 1 saturated heterocycles. The Morgan fingerprint density at radius 2 is 2.25 bits per heavy atom. The molecular formula is C14H19ClN2O3. The molecule has 0 bridgehead atoms. The summed E-state index contributed by atoms with van der Waals surface area (Å²) < 4.78 is 10.3. The summed E-state index contributed by atoms with van der Waals surface area (Å²) >= 11 is 6.20. The monoisotopic (exact) mass is 298 g/mol. The van der Waals surface area contributed by atoms with Crippen molar-refractivity contribution in [2.45, 2.75) is 31.8 Å². The number of hydrazine groups is 1. The van der Waals surface area contributed by atoms with Crippen LogP contribution in [0.15, 0.2) is 18.2 Å². The van der Waals surface area contributed by atoms with E-state index in [1.165, 1.54) is 7.11 Å². The van der Waals surface area contributed by atoms with E-state index in [0.717, 1.165) is 12.0 Å². The van der Waals surface area contributed by atoms with Crippen LogP contribution < -0.4 is 15.6 Å². The molecule has 2 unspecified atom stereocenters. The maximum Gasteiger partial charge on any atom is 0.324 e. The molecule has 0 amide bonds. The molecule has 0 aromatic heterocycles. The molecule has 0 spiro atoms. The maximum atomic E-state index is 11.5. The van der Waals surface area contributed by atoms with Gasteiger partial charge in [-0.3, -0.25) is 4.79 Å². The quantitative estimate of drug-likeness (QED) is 0.816. The van der Waals surface area contributed by atoms with Gasteiger partial charge in [0.1, 0.15) is 11.8 Å². The van der Waals surface area contributed by atoms with E-state index in [1.807, 2.05) is 25.1 Å². The van der Waals surface area contributed by atoms with E-state index in [2.05, 4.69) is 10.9 Å². The molecule has 2 atom stereocenters. The number of esters is 1. The molecule has 1 aromatic rings. The summed E-state index contributed by atoms with van der Waals surface area (Å²) in [5.74, 6) is 0.418. The van der Waals surface area contributed by atoms with Gasteiger partial charge in [-0.25, -0.2) is 10.9 Å². The first-order valence-electron chi connectivity index (χ1n) is 6.66. The molecular weight excluding hydrogens is 280 g/mol. The topological polar surface area (TPSA) is 59.6 Å². The highest BCUT2D eigenvalue weighted by Crippen LogP contribution is 2.30. The van der Waals surface area contributed by atoms with E-state index in [-0.39, 0.29) is 18.1 Å². The van der Waals surface area contributed by atoms with Crippen LogP contribution in [0.1, 0.15) is 31.4 Å². The van der Waals surface area contributed by atoms with Gasteiger partial charge in [-0.05, 0) is 30.5 Å². The molecule has 6 heteroatoms. The minimum Gasteiger partial charge on any atom is -0.492 e. The van der Waals surface area contributed by atoms with Gasteiger partial charge in [-0.15, -0.1) is 0 Å². The fraction of sp³-hybridized carbons (Fsp3) is 0.500. The van der Waals surface area contributed by atoms with Crippen molar-refractivity contribution in [3.8, 4) is 5.75 Å². The number of halogens is 1. The maximum absolute atomic E-state index is 11.5. The van der Waals surface area contributed by atoms with Gasteiger partial charge < -0.3 is 9.47 Å². The van der Waals surface area contributed by atoms with Crippen molar-refractivity contribution in [2.24, 2.45) is 0 Å². The second kappa shape index (κ2) is 6.92. The van der Waals surface area contributed by atoms with Crippen molar-refractivity contribution in [3.05, 3.63) is 28.8 Å². The number of nitrogens with one attached hydrogen (secondary N) is 2. The highest BCUT2D eigenvalue weighted by molar-refractivity contribution is 6.32. The Hall–Kier alpha value is -1.30. The Morgan fingerprint density at radius 3 is 2.90 bits per heavy atom. The van der Waals surface area contributed by atoms with Crippen LogP contribution in [0.4, 0.5) is 0 Å². The third kappa shape index (κ3) is 3.42. The van der Waals surface area contributed by atoms with E-state index < -0.39 is 0 Å². The zero-order chi connectivity index (χ0) is 14.5. The molecule has 0 aliphatic carbocycles. The number of methoxy groups -OCH3 is 1. The summed E-state index contributed by atoms with van der Waals surface area (Å²) in [6.45, 7) is 2.69. The number of carbonyl (C=O) groups excluding carboxylic acids is 1. The number of benzene rings is 1. The Kier molecular flexibility index (Phi) is 5.23. The zero-order valence-corrected chi connectivity index (χ0v) is 12.4. The van der Waals surface area contributed by atoms with Crippen molar-refractivity contribution in [2.75, 3.05) is 13.7 Å². The highest BCUT2D eigenvalue weighted by atomic mass is 35.5. The summed E-state index contributed by atoms with van der Waals surface area (Å²) in [7, 11) is 1.38. The van der Waals surface area contributed by atoms with Crippen molar-refractivity contribution < 1.29 is 14.3 Å². The number of carbonyl (C=O) groups is 1. The molecule has 1 aromatic carbocycles. The minimum absolute atomic E-state index is 0.0248.